The number of aliphatic hydroxyl groups excluding tert-OH is 1. The highest BCUT2D eigenvalue weighted by Crippen LogP contribution is 2.41. The average molecular weight is 465 g/mol. The largest absolute Gasteiger partial charge is 0.445 e. The van der Waals surface area contributed by atoms with Gasteiger partial charge in [0.1, 0.15) is 12.3 Å². The van der Waals surface area contributed by atoms with Crippen LogP contribution >= 0.6 is 11.6 Å². The van der Waals surface area contributed by atoms with Gasteiger partial charge in [0.05, 0.1) is 29.6 Å². The van der Waals surface area contributed by atoms with E-state index in [1.165, 1.54) is 4.52 Å². The van der Waals surface area contributed by atoms with Crippen LogP contribution in [-0.4, -0.2) is 31.7 Å². The minimum atomic E-state index is -2.70. The summed E-state index contributed by atoms with van der Waals surface area (Å²) in [5, 5.41) is 16.7. The van der Waals surface area contributed by atoms with Gasteiger partial charge in [-0.15, -0.1) is 0 Å². The van der Waals surface area contributed by atoms with Gasteiger partial charge in [0.2, 0.25) is 5.92 Å². The number of alkyl halides is 2. The molecule has 1 amide bonds. The normalized spacial score (nSPS) is 17.2. The van der Waals surface area contributed by atoms with E-state index in [-0.39, 0.29) is 55.5 Å². The summed E-state index contributed by atoms with van der Waals surface area (Å²) in [5.41, 5.74) is 2.01. The third kappa shape index (κ3) is 5.16. The first-order chi connectivity index (χ1) is 15.3. The minimum Gasteiger partial charge on any atom is -0.445 e. The molecular weight excluding hydrogens is 442 g/mol. The quantitative estimate of drug-likeness (QED) is 0.553. The van der Waals surface area contributed by atoms with Crippen molar-refractivity contribution in [1.82, 2.24) is 19.9 Å². The number of nitrogens with zero attached hydrogens (tertiary/aromatic N) is 3. The Labute approximate surface area is 188 Å². The summed E-state index contributed by atoms with van der Waals surface area (Å²) in [6.45, 7) is -0.252. The second-order valence-electron chi connectivity index (χ2n) is 7.94. The van der Waals surface area contributed by atoms with Crippen LogP contribution in [0, 0.1) is 5.92 Å². The SMILES string of the molecule is O=C(N[C@H](c1cn2nc(CO)c(Cl)cc2n1)C1CCC(F)(F)CC1)OCc1ccccc1. The van der Waals surface area contributed by atoms with Gasteiger partial charge in [-0.1, -0.05) is 41.9 Å². The number of amides is 1. The van der Waals surface area contributed by atoms with E-state index in [0.29, 0.717) is 11.3 Å². The van der Waals surface area contributed by atoms with Crippen molar-refractivity contribution in [1.29, 1.82) is 0 Å². The monoisotopic (exact) mass is 464 g/mol. The molecule has 2 N–H and O–H groups in total. The fraction of sp³-hybridized carbons (Fsp3) is 0.409. The van der Waals surface area contributed by atoms with Gasteiger partial charge in [-0.3, -0.25) is 0 Å². The van der Waals surface area contributed by atoms with Crippen molar-refractivity contribution in [3.05, 3.63) is 64.6 Å². The lowest BCUT2D eigenvalue weighted by atomic mass is 9.81. The molecule has 1 atom stereocenters. The van der Waals surface area contributed by atoms with Crippen LogP contribution in [-0.2, 0) is 18.0 Å². The second-order valence-corrected chi connectivity index (χ2v) is 8.35. The van der Waals surface area contributed by atoms with Gasteiger partial charge in [0.15, 0.2) is 5.65 Å². The minimum absolute atomic E-state index is 0.0876. The molecule has 2 heterocycles. The lowest BCUT2D eigenvalue weighted by Gasteiger charge is -2.33. The van der Waals surface area contributed by atoms with Crippen molar-refractivity contribution in [2.45, 2.75) is 50.9 Å². The van der Waals surface area contributed by atoms with E-state index in [4.69, 9.17) is 16.3 Å². The number of imidazole rings is 1. The van der Waals surface area contributed by atoms with Crippen molar-refractivity contribution in [2.75, 3.05) is 0 Å². The molecule has 2 aromatic heterocycles. The molecule has 7 nitrogen and oxygen atoms in total. The van der Waals surface area contributed by atoms with E-state index in [1.807, 2.05) is 30.3 Å². The van der Waals surface area contributed by atoms with Gasteiger partial charge in [-0.2, -0.15) is 5.10 Å². The third-order valence-electron chi connectivity index (χ3n) is 5.68. The Balaban J connectivity index is 1.56. The Hall–Kier alpha value is -2.78. The average Bonchev–Trinajstić information content (AvgIpc) is 3.19. The molecule has 10 heteroatoms. The van der Waals surface area contributed by atoms with Crippen LogP contribution in [0.2, 0.25) is 5.02 Å². The fourth-order valence-electron chi connectivity index (χ4n) is 3.93. The fourth-order valence-corrected chi connectivity index (χ4v) is 4.13. The first-order valence-electron chi connectivity index (χ1n) is 10.4. The molecule has 0 unspecified atom stereocenters. The number of hydrogen-bond acceptors (Lipinski definition) is 5. The molecule has 0 radical (unpaired) electrons. The summed E-state index contributed by atoms with van der Waals surface area (Å²) in [6.07, 6.45) is 0.929. The maximum absolute atomic E-state index is 13.7. The number of benzene rings is 1. The number of rotatable bonds is 6. The van der Waals surface area contributed by atoms with Crippen LogP contribution in [0.5, 0.6) is 0 Å². The zero-order chi connectivity index (χ0) is 22.7. The first-order valence-corrected chi connectivity index (χ1v) is 10.7. The van der Waals surface area contributed by atoms with Crippen LogP contribution in [0.4, 0.5) is 13.6 Å². The summed E-state index contributed by atoms with van der Waals surface area (Å²) in [6, 6.07) is 10.2. The third-order valence-corrected chi connectivity index (χ3v) is 6.01. The molecule has 3 aromatic rings. The number of halogens is 3. The van der Waals surface area contributed by atoms with Gasteiger partial charge in [0.25, 0.3) is 0 Å². The van der Waals surface area contributed by atoms with Crippen molar-refractivity contribution in [2.24, 2.45) is 5.92 Å². The number of carbonyl (C=O) groups excluding carboxylic acids is 1. The van der Waals surface area contributed by atoms with E-state index in [0.717, 1.165) is 5.56 Å². The Morgan fingerprint density at radius 2 is 2.03 bits per heavy atom. The maximum Gasteiger partial charge on any atom is 0.408 e. The van der Waals surface area contributed by atoms with E-state index < -0.39 is 18.1 Å². The molecule has 1 aliphatic rings. The van der Waals surface area contributed by atoms with Crippen LogP contribution in [0.15, 0.2) is 42.6 Å². The topological polar surface area (TPSA) is 88.8 Å². The molecule has 4 rings (SSSR count). The van der Waals surface area contributed by atoms with Gasteiger partial charge in [-0.25, -0.2) is 23.1 Å². The standard InChI is InChI=1S/C22H23ClF2N4O3/c23-16-10-19-26-17(11-29(19)28-18(16)12-30)20(15-6-8-22(24,25)9-7-15)27-21(31)32-13-14-4-2-1-3-5-14/h1-5,10-11,15,20,30H,6-9,12-13H2,(H,27,31)/t20-/m0/s1. The molecule has 1 fully saturated rings. The van der Waals surface area contributed by atoms with Crippen LogP contribution in [0.1, 0.15) is 48.7 Å². The lowest BCUT2D eigenvalue weighted by Crippen LogP contribution is -2.37. The van der Waals surface area contributed by atoms with Gasteiger partial charge < -0.3 is 15.2 Å². The van der Waals surface area contributed by atoms with Gasteiger partial charge >= 0.3 is 6.09 Å². The molecule has 0 saturated heterocycles. The van der Waals surface area contributed by atoms with E-state index in [9.17, 15) is 18.7 Å². The van der Waals surface area contributed by atoms with Crippen molar-refractivity contribution in [3.63, 3.8) is 0 Å². The predicted octanol–water partition coefficient (Wildman–Crippen LogP) is 4.67. The van der Waals surface area contributed by atoms with E-state index in [1.54, 1.807) is 12.3 Å². The lowest BCUT2D eigenvalue weighted by molar-refractivity contribution is -0.0497. The van der Waals surface area contributed by atoms with Gasteiger partial charge in [-0.05, 0) is 24.3 Å². The molecule has 1 aliphatic carbocycles. The van der Waals surface area contributed by atoms with Crippen molar-refractivity contribution < 1.29 is 23.4 Å². The summed E-state index contributed by atoms with van der Waals surface area (Å²) in [4.78, 5) is 17.1. The van der Waals surface area contributed by atoms with Crippen LogP contribution in [0.25, 0.3) is 5.65 Å². The van der Waals surface area contributed by atoms with E-state index in [2.05, 4.69) is 15.4 Å². The summed E-state index contributed by atoms with van der Waals surface area (Å²) in [7, 11) is 0. The zero-order valence-corrected chi connectivity index (χ0v) is 17.9. The number of aromatic nitrogens is 3. The number of hydrogen-bond donors (Lipinski definition) is 2. The Morgan fingerprint density at radius 1 is 1.31 bits per heavy atom. The highest BCUT2D eigenvalue weighted by Gasteiger charge is 2.39. The Bertz CT molecular complexity index is 1080. The number of alkyl carbamates (subject to hydrolysis) is 1. The molecule has 1 aromatic carbocycles. The predicted molar refractivity (Wildman–Crippen MR) is 113 cm³/mol. The zero-order valence-electron chi connectivity index (χ0n) is 17.2. The highest BCUT2D eigenvalue weighted by atomic mass is 35.5. The smallest absolute Gasteiger partial charge is 0.408 e. The number of carbonyl (C=O) groups is 1. The molecule has 32 heavy (non-hydrogen) atoms. The first kappa shape index (κ1) is 22.4. The summed E-state index contributed by atoms with van der Waals surface area (Å²) in [5.74, 6) is -2.93. The van der Waals surface area contributed by atoms with E-state index >= 15 is 0 Å². The summed E-state index contributed by atoms with van der Waals surface area (Å²) >= 11 is 6.11. The van der Waals surface area contributed by atoms with Crippen LogP contribution < -0.4 is 5.32 Å². The molecule has 170 valence electrons. The number of nitrogens with one attached hydrogen (secondary N) is 1. The molecular formula is C22H23ClF2N4O3. The number of ether oxygens (including phenoxy) is 1. The molecule has 0 aliphatic heterocycles. The second kappa shape index (κ2) is 9.38. The Morgan fingerprint density at radius 3 is 2.72 bits per heavy atom. The maximum atomic E-state index is 13.7. The van der Waals surface area contributed by atoms with Gasteiger partial charge in [0, 0.05) is 18.9 Å². The highest BCUT2D eigenvalue weighted by molar-refractivity contribution is 6.31. The molecule has 1 saturated carbocycles. The van der Waals surface area contributed by atoms with Crippen molar-refractivity contribution in [3.8, 4) is 0 Å². The summed E-state index contributed by atoms with van der Waals surface area (Å²) < 4.78 is 34.3. The molecule has 0 bridgehead atoms. The number of aliphatic hydroxyl groups is 1. The number of fused-ring (bicyclic) bond motifs is 1. The van der Waals surface area contributed by atoms with Crippen LogP contribution in [0.3, 0.4) is 0 Å². The molecule has 0 spiro atoms. The van der Waals surface area contributed by atoms with Crippen molar-refractivity contribution >= 4 is 23.3 Å². The Kier molecular flexibility index (Phi) is 6.57.